The number of halogens is 2. The minimum atomic E-state index is 0.870. The topological polar surface area (TPSA) is 0 Å². The molecule has 0 bridgehead atoms. The van der Waals surface area contributed by atoms with Gasteiger partial charge in [0.1, 0.15) is 0 Å². The lowest BCUT2D eigenvalue weighted by molar-refractivity contribution is 1.28. The highest BCUT2D eigenvalue weighted by atomic mass is 35.5. The van der Waals surface area contributed by atoms with Crippen molar-refractivity contribution in [1.82, 2.24) is 0 Å². The second-order valence-electron chi connectivity index (χ2n) is 5.74. The fraction of sp³-hybridized carbons (Fsp3) is 0.222. The summed E-state index contributed by atoms with van der Waals surface area (Å²) in [6, 6.07) is 0. The van der Waals surface area contributed by atoms with Crippen LogP contribution in [0.4, 0.5) is 0 Å². The number of benzene rings is 1. The maximum atomic E-state index is 6.66. The van der Waals surface area contributed by atoms with Crippen LogP contribution in [-0.4, -0.2) is 11.5 Å². The van der Waals surface area contributed by atoms with Crippen LogP contribution < -0.4 is 0 Å². The van der Waals surface area contributed by atoms with Crippen molar-refractivity contribution in [3.8, 4) is 0 Å². The zero-order valence-electron chi connectivity index (χ0n) is 12.5. The van der Waals surface area contributed by atoms with Crippen LogP contribution in [0.5, 0.6) is 0 Å². The van der Waals surface area contributed by atoms with Crippen LogP contribution in [0.15, 0.2) is 22.9 Å². The third-order valence-corrected chi connectivity index (χ3v) is 9.44. The maximum absolute atomic E-state index is 6.66. The molecule has 0 unspecified atom stereocenters. The Morgan fingerprint density at radius 3 is 1.54 bits per heavy atom. The van der Waals surface area contributed by atoms with Gasteiger partial charge in [0, 0.05) is 63.4 Å². The SMILES string of the molecule is Clc1csc2c(C3=CCCS3)c3c(Cl)csc3c(C3=CCCS3)c12. The van der Waals surface area contributed by atoms with Crippen molar-refractivity contribution < 1.29 is 0 Å². The largest absolute Gasteiger partial charge is 0.141 e. The maximum Gasteiger partial charge on any atom is 0.0598 e. The molecule has 0 saturated carbocycles. The molecular formula is C18H12Cl2S4. The summed E-state index contributed by atoms with van der Waals surface area (Å²) >= 11 is 20.7. The minimum absolute atomic E-state index is 0.870. The van der Waals surface area contributed by atoms with Crippen LogP contribution in [0.25, 0.3) is 30.0 Å². The predicted octanol–water partition coefficient (Wildman–Crippen LogP) is 8.38. The summed E-state index contributed by atoms with van der Waals surface area (Å²) < 4.78 is 2.58. The molecule has 0 N–H and O–H groups in total. The van der Waals surface area contributed by atoms with Crippen molar-refractivity contribution in [2.75, 3.05) is 11.5 Å². The summed E-state index contributed by atoms with van der Waals surface area (Å²) in [6.45, 7) is 0. The Kier molecular flexibility index (Phi) is 4.20. The molecule has 2 aliphatic rings. The van der Waals surface area contributed by atoms with E-state index in [0.717, 1.165) is 34.4 Å². The highest BCUT2D eigenvalue weighted by Gasteiger charge is 2.26. The van der Waals surface area contributed by atoms with E-state index in [1.54, 1.807) is 22.7 Å². The number of fused-ring (bicyclic) bond motifs is 2. The summed E-state index contributed by atoms with van der Waals surface area (Å²) in [5.74, 6) is 2.31. The summed E-state index contributed by atoms with van der Waals surface area (Å²) in [5, 5.41) is 8.34. The second-order valence-corrected chi connectivity index (χ2v) is 10.6. The fourth-order valence-electron chi connectivity index (χ4n) is 3.39. The van der Waals surface area contributed by atoms with Gasteiger partial charge < -0.3 is 0 Å². The number of thiophene rings is 2. The Morgan fingerprint density at radius 2 is 1.17 bits per heavy atom. The summed E-state index contributed by atoms with van der Waals surface area (Å²) in [6.07, 6.45) is 6.97. The molecule has 0 nitrogen and oxygen atoms in total. The number of rotatable bonds is 2. The molecule has 122 valence electrons. The van der Waals surface area contributed by atoms with Crippen LogP contribution in [0, 0.1) is 0 Å². The van der Waals surface area contributed by atoms with Gasteiger partial charge in [-0.3, -0.25) is 0 Å². The Labute approximate surface area is 166 Å². The standard InChI is InChI=1S/C18H12Cl2S4/c19-9-7-24-18-13(9)15(11-3-1-5-21-11)17-14(10(20)8-23-17)16(18)12-4-2-6-22-12/h3-4,7-8H,1-2,5-6H2. The molecular weight excluding hydrogens is 415 g/mol. The van der Waals surface area contributed by atoms with Gasteiger partial charge in [-0.15, -0.1) is 46.2 Å². The number of thioether (sulfide) groups is 2. The van der Waals surface area contributed by atoms with E-state index in [9.17, 15) is 0 Å². The predicted molar refractivity (Wildman–Crippen MR) is 117 cm³/mol. The van der Waals surface area contributed by atoms with E-state index >= 15 is 0 Å². The van der Waals surface area contributed by atoms with Crippen molar-refractivity contribution in [3.63, 3.8) is 0 Å². The van der Waals surface area contributed by atoms with Gasteiger partial charge in [0.05, 0.1) is 10.0 Å². The van der Waals surface area contributed by atoms with Crippen molar-refractivity contribution >= 4 is 99.4 Å². The smallest absolute Gasteiger partial charge is 0.0598 e. The summed E-state index contributed by atoms with van der Waals surface area (Å²) in [5.41, 5.74) is 2.61. The van der Waals surface area contributed by atoms with Gasteiger partial charge in [0.25, 0.3) is 0 Å². The quantitative estimate of drug-likeness (QED) is 0.403. The molecule has 5 rings (SSSR count). The molecule has 2 aromatic heterocycles. The molecule has 0 fully saturated rings. The minimum Gasteiger partial charge on any atom is -0.141 e. The number of allylic oxidation sites excluding steroid dienone is 2. The number of hydrogen-bond donors (Lipinski definition) is 0. The van der Waals surface area contributed by atoms with E-state index in [-0.39, 0.29) is 0 Å². The molecule has 4 heterocycles. The van der Waals surface area contributed by atoms with E-state index in [2.05, 4.69) is 22.9 Å². The first-order valence-corrected chi connectivity index (χ1v) is 12.2. The van der Waals surface area contributed by atoms with Crippen molar-refractivity contribution in [3.05, 3.63) is 44.1 Å². The molecule has 0 atom stereocenters. The monoisotopic (exact) mass is 426 g/mol. The second kappa shape index (κ2) is 6.26. The average molecular weight is 427 g/mol. The molecule has 2 aliphatic heterocycles. The normalized spacial score (nSPS) is 17.9. The fourth-order valence-corrected chi connectivity index (χ4v) is 8.35. The Morgan fingerprint density at radius 1 is 0.708 bits per heavy atom. The summed E-state index contributed by atoms with van der Waals surface area (Å²) in [7, 11) is 0. The molecule has 1 aromatic carbocycles. The highest BCUT2D eigenvalue weighted by Crippen LogP contribution is 2.54. The van der Waals surface area contributed by atoms with E-state index in [0.29, 0.717) is 0 Å². The van der Waals surface area contributed by atoms with Crippen LogP contribution in [-0.2, 0) is 0 Å². The summed E-state index contributed by atoms with van der Waals surface area (Å²) in [4.78, 5) is 2.73. The van der Waals surface area contributed by atoms with Gasteiger partial charge in [-0.05, 0) is 12.8 Å². The zero-order valence-corrected chi connectivity index (χ0v) is 17.3. The van der Waals surface area contributed by atoms with E-state index in [1.807, 2.05) is 23.5 Å². The van der Waals surface area contributed by atoms with Gasteiger partial charge in [0.15, 0.2) is 0 Å². The van der Waals surface area contributed by atoms with Crippen molar-refractivity contribution in [2.24, 2.45) is 0 Å². The lowest BCUT2D eigenvalue weighted by atomic mass is 10.0. The van der Waals surface area contributed by atoms with Crippen LogP contribution in [0.2, 0.25) is 10.0 Å². The molecule has 0 saturated heterocycles. The zero-order chi connectivity index (χ0) is 16.3. The van der Waals surface area contributed by atoms with Crippen LogP contribution in [0.1, 0.15) is 24.0 Å². The Hall–Kier alpha value is -0.100. The average Bonchev–Trinajstić information content (AvgIpc) is 3.34. The first-order valence-electron chi connectivity index (χ1n) is 7.71. The van der Waals surface area contributed by atoms with Gasteiger partial charge in [-0.25, -0.2) is 0 Å². The lowest BCUT2D eigenvalue weighted by Crippen LogP contribution is -1.88. The Bertz CT molecular complexity index is 954. The van der Waals surface area contributed by atoms with Gasteiger partial charge in [-0.2, -0.15) is 0 Å². The van der Waals surface area contributed by atoms with E-state index in [4.69, 9.17) is 23.2 Å². The van der Waals surface area contributed by atoms with Crippen LogP contribution >= 0.6 is 69.4 Å². The van der Waals surface area contributed by atoms with Crippen molar-refractivity contribution in [1.29, 1.82) is 0 Å². The molecule has 0 radical (unpaired) electrons. The molecule has 0 amide bonds. The third kappa shape index (κ3) is 2.34. The molecule has 3 aromatic rings. The number of hydrogen-bond acceptors (Lipinski definition) is 4. The third-order valence-electron chi connectivity index (χ3n) is 4.35. The van der Waals surface area contributed by atoms with Crippen LogP contribution in [0.3, 0.4) is 0 Å². The molecule has 0 aliphatic carbocycles. The first-order chi connectivity index (χ1) is 11.8. The van der Waals surface area contributed by atoms with Gasteiger partial charge in [-0.1, -0.05) is 35.4 Å². The molecule has 24 heavy (non-hydrogen) atoms. The van der Waals surface area contributed by atoms with Gasteiger partial charge in [0.2, 0.25) is 0 Å². The Balaban J connectivity index is 1.99. The van der Waals surface area contributed by atoms with E-state index < -0.39 is 0 Å². The molecule has 6 heteroatoms. The van der Waals surface area contributed by atoms with Crippen molar-refractivity contribution in [2.45, 2.75) is 12.8 Å². The first kappa shape index (κ1) is 16.1. The molecule has 0 spiro atoms. The van der Waals surface area contributed by atoms with E-state index in [1.165, 1.54) is 41.1 Å². The van der Waals surface area contributed by atoms with Gasteiger partial charge >= 0.3 is 0 Å². The lowest BCUT2D eigenvalue weighted by Gasteiger charge is -2.13. The highest BCUT2D eigenvalue weighted by molar-refractivity contribution is 8.08.